The molecule has 0 saturated heterocycles. The van der Waals surface area contributed by atoms with Crippen molar-refractivity contribution < 1.29 is 27.5 Å². The van der Waals surface area contributed by atoms with Gasteiger partial charge in [-0.15, -0.1) is 13.2 Å². The normalized spacial score (nSPS) is 14.1. The Balaban J connectivity index is 1.60. The summed E-state index contributed by atoms with van der Waals surface area (Å²) in [5.41, 5.74) is 2.19. The highest BCUT2D eigenvalue weighted by Gasteiger charge is 2.39. The number of nitrogens with one attached hydrogen (secondary N) is 1. The highest BCUT2D eigenvalue weighted by molar-refractivity contribution is 6.36. The van der Waals surface area contributed by atoms with E-state index in [1.165, 1.54) is 17.0 Å². The minimum absolute atomic E-state index is 0.0729. The summed E-state index contributed by atoms with van der Waals surface area (Å²) in [5.74, 6) is -1.31. The first-order chi connectivity index (χ1) is 15.8. The minimum Gasteiger partial charge on any atom is -0.406 e. The molecule has 3 aromatic rings. The van der Waals surface area contributed by atoms with Crippen molar-refractivity contribution in [2.24, 2.45) is 0 Å². The molecule has 2 amide bonds. The number of amides is 2. The van der Waals surface area contributed by atoms with E-state index < -0.39 is 18.2 Å². The number of benzene rings is 3. The minimum atomic E-state index is -4.80. The van der Waals surface area contributed by atoms with Gasteiger partial charge in [-0.1, -0.05) is 60.7 Å². The van der Waals surface area contributed by atoms with Crippen LogP contribution in [-0.2, 0) is 16.0 Å². The molecule has 0 bridgehead atoms. The third-order valence-corrected chi connectivity index (χ3v) is 5.05. The van der Waals surface area contributed by atoms with Crippen molar-refractivity contribution in [2.45, 2.75) is 12.8 Å². The number of anilines is 1. The van der Waals surface area contributed by atoms with Gasteiger partial charge >= 0.3 is 6.36 Å². The zero-order valence-electron chi connectivity index (χ0n) is 17.3. The molecule has 33 heavy (non-hydrogen) atoms. The van der Waals surface area contributed by atoms with Gasteiger partial charge in [0.25, 0.3) is 11.8 Å². The molecular formula is C25H19F3N2O3. The highest BCUT2D eigenvalue weighted by atomic mass is 19.4. The molecule has 0 aliphatic carbocycles. The van der Waals surface area contributed by atoms with Crippen LogP contribution in [0.3, 0.4) is 0 Å². The molecule has 0 fully saturated rings. The van der Waals surface area contributed by atoms with E-state index in [1.807, 2.05) is 30.3 Å². The van der Waals surface area contributed by atoms with E-state index >= 15 is 0 Å². The third kappa shape index (κ3) is 5.23. The second-order valence-corrected chi connectivity index (χ2v) is 7.31. The number of carbonyl (C=O) groups excluding carboxylic acids is 2. The number of rotatable bonds is 7. The van der Waals surface area contributed by atoms with Crippen molar-refractivity contribution in [3.8, 4) is 5.75 Å². The molecule has 0 unspecified atom stereocenters. The summed E-state index contributed by atoms with van der Waals surface area (Å²) in [5, 5.41) is 2.92. The topological polar surface area (TPSA) is 58.6 Å². The summed E-state index contributed by atoms with van der Waals surface area (Å²) < 4.78 is 41.1. The molecule has 5 nitrogen and oxygen atoms in total. The Kier molecular flexibility index (Phi) is 6.17. The molecular weight excluding hydrogens is 433 g/mol. The second-order valence-electron chi connectivity index (χ2n) is 7.31. The van der Waals surface area contributed by atoms with Gasteiger partial charge in [-0.3, -0.25) is 14.5 Å². The van der Waals surface area contributed by atoms with E-state index in [1.54, 1.807) is 30.3 Å². The lowest BCUT2D eigenvalue weighted by molar-refractivity contribution is -0.274. The number of imide groups is 1. The largest absolute Gasteiger partial charge is 0.573 e. The summed E-state index contributed by atoms with van der Waals surface area (Å²) >= 11 is 0. The van der Waals surface area contributed by atoms with Gasteiger partial charge in [0, 0.05) is 12.2 Å². The standard InChI is InChI=1S/C25H19F3N2O3/c26-25(27,28)33-20-13-11-19(12-14-20)29-22-21(18-9-5-2-6-10-18)23(31)30(24(22)32)16-15-17-7-3-1-4-8-17/h1-14,29H,15-16H2. The van der Waals surface area contributed by atoms with E-state index in [0.717, 1.165) is 17.7 Å². The van der Waals surface area contributed by atoms with E-state index in [9.17, 15) is 22.8 Å². The maximum atomic E-state index is 13.2. The molecule has 168 valence electrons. The number of alkyl halides is 3. The van der Waals surface area contributed by atoms with Gasteiger partial charge in [0.15, 0.2) is 0 Å². The van der Waals surface area contributed by atoms with Crippen molar-refractivity contribution in [1.29, 1.82) is 0 Å². The smallest absolute Gasteiger partial charge is 0.406 e. The maximum absolute atomic E-state index is 13.2. The number of ether oxygens (including phenoxy) is 1. The van der Waals surface area contributed by atoms with E-state index in [-0.39, 0.29) is 23.6 Å². The first-order valence-electron chi connectivity index (χ1n) is 10.1. The van der Waals surface area contributed by atoms with Crippen LogP contribution in [0.5, 0.6) is 5.75 Å². The van der Waals surface area contributed by atoms with Crippen LogP contribution < -0.4 is 10.1 Å². The Morgan fingerprint density at radius 1 is 0.788 bits per heavy atom. The van der Waals surface area contributed by atoms with Gasteiger partial charge in [0.05, 0.1) is 5.57 Å². The predicted molar refractivity (Wildman–Crippen MR) is 117 cm³/mol. The predicted octanol–water partition coefficient (Wildman–Crippen LogP) is 5.02. The Morgan fingerprint density at radius 3 is 2.00 bits per heavy atom. The zero-order valence-corrected chi connectivity index (χ0v) is 17.3. The average Bonchev–Trinajstić information content (AvgIpc) is 3.03. The van der Waals surface area contributed by atoms with Gasteiger partial charge in [0.2, 0.25) is 0 Å². The summed E-state index contributed by atoms with van der Waals surface area (Å²) in [6.45, 7) is 0.196. The zero-order chi connectivity index (χ0) is 23.4. The van der Waals surface area contributed by atoms with Crippen LogP contribution in [-0.4, -0.2) is 29.6 Å². The Morgan fingerprint density at radius 2 is 1.39 bits per heavy atom. The van der Waals surface area contributed by atoms with Crippen molar-refractivity contribution in [3.63, 3.8) is 0 Å². The molecule has 0 atom stereocenters. The Bertz CT molecular complexity index is 1180. The lowest BCUT2D eigenvalue weighted by atomic mass is 10.0. The monoisotopic (exact) mass is 452 g/mol. The molecule has 1 heterocycles. The average molecular weight is 452 g/mol. The van der Waals surface area contributed by atoms with Crippen molar-refractivity contribution in [2.75, 3.05) is 11.9 Å². The van der Waals surface area contributed by atoms with Gasteiger partial charge in [0.1, 0.15) is 11.4 Å². The van der Waals surface area contributed by atoms with Gasteiger partial charge in [-0.05, 0) is 41.8 Å². The van der Waals surface area contributed by atoms with Crippen LogP contribution in [0, 0.1) is 0 Å². The van der Waals surface area contributed by atoms with Crippen molar-refractivity contribution in [3.05, 3.63) is 102 Å². The van der Waals surface area contributed by atoms with E-state index in [0.29, 0.717) is 17.7 Å². The highest BCUT2D eigenvalue weighted by Crippen LogP contribution is 2.31. The molecule has 0 spiro atoms. The summed E-state index contributed by atoms with van der Waals surface area (Å²) in [4.78, 5) is 27.6. The Labute approximate surface area is 188 Å². The summed E-state index contributed by atoms with van der Waals surface area (Å²) in [6, 6.07) is 23.2. The number of nitrogens with zero attached hydrogens (tertiary/aromatic N) is 1. The lowest BCUT2D eigenvalue weighted by Crippen LogP contribution is -2.34. The maximum Gasteiger partial charge on any atom is 0.573 e. The molecule has 8 heteroatoms. The number of hydrogen-bond acceptors (Lipinski definition) is 4. The van der Waals surface area contributed by atoms with E-state index in [4.69, 9.17) is 0 Å². The molecule has 1 aliphatic heterocycles. The summed E-state index contributed by atoms with van der Waals surface area (Å²) in [7, 11) is 0. The molecule has 1 N–H and O–H groups in total. The molecule has 0 radical (unpaired) electrons. The summed E-state index contributed by atoms with van der Waals surface area (Å²) in [6.07, 6.45) is -4.30. The number of halogens is 3. The molecule has 0 aromatic heterocycles. The number of hydrogen-bond donors (Lipinski definition) is 1. The van der Waals surface area contributed by atoms with Crippen LogP contribution in [0.4, 0.5) is 18.9 Å². The van der Waals surface area contributed by atoms with Crippen LogP contribution >= 0.6 is 0 Å². The Hall–Kier alpha value is -4.07. The van der Waals surface area contributed by atoms with Crippen molar-refractivity contribution >= 4 is 23.1 Å². The number of carbonyl (C=O) groups is 2. The van der Waals surface area contributed by atoms with Crippen molar-refractivity contribution in [1.82, 2.24) is 4.90 Å². The quantitative estimate of drug-likeness (QED) is 0.512. The van der Waals surface area contributed by atoms with Gasteiger partial charge in [-0.25, -0.2) is 0 Å². The first kappa shape index (κ1) is 22.1. The molecule has 1 aliphatic rings. The third-order valence-electron chi connectivity index (χ3n) is 5.05. The van der Waals surface area contributed by atoms with Crippen LogP contribution in [0.15, 0.2) is 90.6 Å². The molecule has 3 aromatic carbocycles. The molecule has 4 rings (SSSR count). The fourth-order valence-electron chi connectivity index (χ4n) is 3.54. The van der Waals surface area contributed by atoms with Gasteiger partial charge < -0.3 is 10.1 Å². The van der Waals surface area contributed by atoms with Crippen LogP contribution in [0.25, 0.3) is 5.57 Å². The second kappa shape index (κ2) is 9.20. The first-order valence-corrected chi connectivity index (χ1v) is 10.1. The van der Waals surface area contributed by atoms with Gasteiger partial charge in [-0.2, -0.15) is 0 Å². The fraction of sp³-hybridized carbons (Fsp3) is 0.120. The van der Waals surface area contributed by atoms with E-state index in [2.05, 4.69) is 10.1 Å². The fourth-order valence-corrected chi connectivity index (χ4v) is 3.54. The van der Waals surface area contributed by atoms with Crippen LogP contribution in [0.2, 0.25) is 0 Å². The lowest BCUT2D eigenvalue weighted by Gasteiger charge is -2.15. The molecule has 0 saturated carbocycles. The van der Waals surface area contributed by atoms with Crippen LogP contribution in [0.1, 0.15) is 11.1 Å². The SMILES string of the molecule is O=C1C(Nc2ccc(OC(F)(F)F)cc2)=C(c2ccccc2)C(=O)N1CCc1ccccc1.